The van der Waals surface area contributed by atoms with E-state index in [1.165, 1.54) is 37.3 Å². The van der Waals surface area contributed by atoms with Crippen LogP contribution in [0.2, 0.25) is 0 Å². The highest BCUT2D eigenvalue weighted by Crippen LogP contribution is 2.32. The molecule has 4 aromatic carbocycles. The number of nitrogens with one attached hydrogen (secondary N) is 1. The first-order chi connectivity index (χ1) is 22.2. The molecule has 9 nitrogen and oxygen atoms in total. The third kappa shape index (κ3) is 8.45. The lowest BCUT2D eigenvalue weighted by Gasteiger charge is -2.34. The number of carbonyl (C=O) groups excluding carboxylic acids is 2. The molecule has 0 saturated heterocycles. The van der Waals surface area contributed by atoms with Crippen LogP contribution in [0.4, 0.5) is 5.69 Å². The molecule has 0 saturated carbocycles. The summed E-state index contributed by atoms with van der Waals surface area (Å²) in [4.78, 5) is 29.8. The van der Waals surface area contributed by atoms with E-state index in [1.54, 1.807) is 30.3 Å². The molecule has 0 aliphatic rings. The molecule has 0 spiro atoms. The van der Waals surface area contributed by atoms with E-state index < -0.39 is 28.5 Å². The van der Waals surface area contributed by atoms with Gasteiger partial charge in [0, 0.05) is 25.1 Å². The van der Waals surface area contributed by atoms with Crippen molar-refractivity contribution in [3.05, 3.63) is 120 Å². The Balaban J connectivity index is 1.80. The second-order valence-electron chi connectivity index (χ2n) is 10.9. The average molecular weight is 644 g/mol. The van der Waals surface area contributed by atoms with Gasteiger partial charge in [0.1, 0.15) is 12.6 Å². The second-order valence-corrected chi connectivity index (χ2v) is 12.8. The predicted molar refractivity (Wildman–Crippen MR) is 179 cm³/mol. The van der Waals surface area contributed by atoms with Crippen LogP contribution in [0.15, 0.2) is 114 Å². The molecule has 0 unspecified atom stereocenters. The van der Waals surface area contributed by atoms with Gasteiger partial charge in [0.2, 0.25) is 11.8 Å². The van der Waals surface area contributed by atoms with Gasteiger partial charge >= 0.3 is 0 Å². The summed E-state index contributed by atoms with van der Waals surface area (Å²) in [6.45, 7) is 3.44. The second kappa shape index (κ2) is 15.9. The van der Waals surface area contributed by atoms with Crippen LogP contribution in [0.25, 0.3) is 0 Å². The molecule has 0 aromatic heterocycles. The fourth-order valence-corrected chi connectivity index (χ4v) is 6.43. The van der Waals surface area contributed by atoms with E-state index in [0.717, 1.165) is 15.4 Å². The highest BCUT2D eigenvalue weighted by molar-refractivity contribution is 7.92. The summed E-state index contributed by atoms with van der Waals surface area (Å²) in [7, 11) is -1.41. The van der Waals surface area contributed by atoms with Crippen LogP contribution in [0, 0.1) is 0 Å². The molecular weight excluding hydrogens is 602 g/mol. The van der Waals surface area contributed by atoms with Crippen LogP contribution >= 0.6 is 0 Å². The third-order valence-electron chi connectivity index (χ3n) is 7.73. The molecule has 0 heterocycles. The summed E-state index contributed by atoms with van der Waals surface area (Å²) >= 11 is 0. The minimum absolute atomic E-state index is 0.0771. The van der Waals surface area contributed by atoms with Gasteiger partial charge in [-0.15, -0.1) is 0 Å². The van der Waals surface area contributed by atoms with Crippen LogP contribution in [-0.4, -0.2) is 58.0 Å². The average Bonchev–Trinajstić information content (AvgIpc) is 3.09. The van der Waals surface area contributed by atoms with Crippen molar-refractivity contribution < 1.29 is 27.5 Å². The van der Waals surface area contributed by atoms with Gasteiger partial charge in [-0.1, -0.05) is 85.8 Å². The lowest BCUT2D eigenvalue weighted by Crippen LogP contribution is -2.54. The van der Waals surface area contributed by atoms with E-state index in [1.807, 2.05) is 74.5 Å². The number of ether oxygens (including phenoxy) is 2. The van der Waals surface area contributed by atoms with Crippen molar-refractivity contribution in [3.63, 3.8) is 0 Å². The van der Waals surface area contributed by atoms with Gasteiger partial charge in [-0.05, 0) is 48.7 Å². The molecule has 4 rings (SSSR count). The Labute approximate surface area is 271 Å². The maximum atomic E-state index is 14.5. The lowest BCUT2D eigenvalue weighted by atomic mass is 10.0. The summed E-state index contributed by atoms with van der Waals surface area (Å²) < 4.78 is 40.3. The standard InChI is InChI=1S/C36H41N3O6S/c1-5-27(2)37-36(41)32(23-28-15-9-6-10-16-28)38(25-29-17-11-7-12-18-29)35(40)26-39(30-19-13-8-14-20-30)46(42,43)31-21-22-33(44-3)34(24-31)45-4/h6-22,24,27,32H,5,23,25-26H2,1-4H3,(H,37,41)/t27-,32+/m0/s1. The molecule has 0 aliphatic carbocycles. The molecule has 4 aromatic rings. The first kappa shape index (κ1) is 34.1. The number of anilines is 1. The number of para-hydroxylation sites is 1. The number of rotatable bonds is 15. The van der Waals surface area contributed by atoms with Crippen molar-refractivity contribution in [3.8, 4) is 11.5 Å². The highest BCUT2D eigenvalue weighted by atomic mass is 32.2. The van der Waals surface area contributed by atoms with Crippen molar-refractivity contribution in [2.45, 2.75) is 50.2 Å². The smallest absolute Gasteiger partial charge is 0.264 e. The fourth-order valence-electron chi connectivity index (χ4n) is 5.00. The molecule has 242 valence electrons. The van der Waals surface area contributed by atoms with Crippen molar-refractivity contribution in [1.82, 2.24) is 10.2 Å². The monoisotopic (exact) mass is 643 g/mol. The number of hydrogen-bond acceptors (Lipinski definition) is 6. The van der Waals surface area contributed by atoms with Crippen LogP contribution in [0.5, 0.6) is 11.5 Å². The molecule has 1 N–H and O–H groups in total. The number of benzene rings is 4. The Morgan fingerprint density at radius 1 is 0.783 bits per heavy atom. The Kier molecular flexibility index (Phi) is 11.8. The summed E-state index contributed by atoms with van der Waals surface area (Å²) in [5, 5.41) is 3.05. The van der Waals surface area contributed by atoms with E-state index in [-0.39, 0.29) is 35.6 Å². The predicted octanol–water partition coefficient (Wildman–Crippen LogP) is 5.45. The zero-order valence-corrected chi connectivity index (χ0v) is 27.4. The van der Waals surface area contributed by atoms with E-state index in [4.69, 9.17) is 9.47 Å². The minimum atomic E-state index is -4.29. The number of carbonyl (C=O) groups is 2. The summed E-state index contributed by atoms with van der Waals surface area (Å²) in [5.74, 6) is -0.236. The molecule has 2 amide bonds. The summed E-state index contributed by atoms with van der Waals surface area (Å²) in [5.41, 5.74) is 1.98. The van der Waals surface area contributed by atoms with Crippen molar-refractivity contribution in [2.24, 2.45) is 0 Å². The first-order valence-electron chi connectivity index (χ1n) is 15.1. The molecule has 0 fully saturated rings. The van der Waals surface area contributed by atoms with Crippen LogP contribution in [0.3, 0.4) is 0 Å². The van der Waals surface area contributed by atoms with E-state index in [9.17, 15) is 18.0 Å². The van der Waals surface area contributed by atoms with E-state index in [2.05, 4.69) is 5.32 Å². The van der Waals surface area contributed by atoms with Crippen LogP contribution < -0.4 is 19.1 Å². The van der Waals surface area contributed by atoms with Gasteiger partial charge in [0.05, 0.1) is 24.8 Å². The van der Waals surface area contributed by atoms with Crippen molar-refractivity contribution >= 4 is 27.5 Å². The molecule has 0 aliphatic heterocycles. The number of sulfonamides is 1. The Morgan fingerprint density at radius 2 is 1.35 bits per heavy atom. The molecule has 10 heteroatoms. The maximum absolute atomic E-state index is 14.5. The third-order valence-corrected chi connectivity index (χ3v) is 9.50. The van der Waals surface area contributed by atoms with Gasteiger partial charge in [0.25, 0.3) is 10.0 Å². The van der Waals surface area contributed by atoms with Crippen LogP contribution in [0.1, 0.15) is 31.4 Å². The fraction of sp³-hybridized carbons (Fsp3) is 0.278. The number of methoxy groups -OCH3 is 2. The molecule has 2 atom stereocenters. The number of hydrogen-bond donors (Lipinski definition) is 1. The Bertz CT molecular complexity index is 1690. The Hall–Kier alpha value is -4.83. The van der Waals surface area contributed by atoms with Gasteiger partial charge < -0.3 is 19.7 Å². The molecule has 0 bridgehead atoms. The normalized spacial score (nSPS) is 12.4. The lowest BCUT2D eigenvalue weighted by molar-refractivity contribution is -0.140. The van der Waals surface area contributed by atoms with E-state index >= 15 is 0 Å². The maximum Gasteiger partial charge on any atom is 0.264 e. The molecule has 46 heavy (non-hydrogen) atoms. The topological polar surface area (TPSA) is 105 Å². The first-order valence-corrected chi connectivity index (χ1v) is 16.6. The molecular formula is C36H41N3O6S. The van der Waals surface area contributed by atoms with Gasteiger partial charge in [-0.2, -0.15) is 0 Å². The quantitative estimate of drug-likeness (QED) is 0.185. The van der Waals surface area contributed by atoms with Gasteiger partial charge in [-0.3, -0.25) is 13.9 Å². The largest absolute Gasteiger partial charge is 0.493 e. The van der Waals surface area contributed by atoms with Gasteiger partial charge in [-0.25, -0.2) is 8.42 Å². The van der Waals surface area contributed by atoms with Crippen LogP contribution in [-0.2, 0) is 32.6 Å². The zero-order chi connectivity index (χ0) is 33.1. The summed E-state index contributed by atoms with van der Waals surface area (Å²) in [6, 6.07) is 30.5. The van der Waals surface area contributed by atoms with Crippen molar-refractivity contribution in [2.75, 3.05) is 25.1 Å². The molecule has 0 radical (unpaired) electrons. The summed E-state index contributed by atoms with van der Waals surface area (Å²) in [6.07, 6.45) is 0.956. The van der Waals surface area contributed by atoms with Gasteiger partial charge in [0.15, 0.2) is 11.5 Å². The van der Waals surface area contributed by atoms with Crippen molar-refractivity contribution in [1.29, 1.82) is 0 Å². The minimum Gasteiger partial charge on any atom is -0.493 e. The zero-order valence-electron chi connectivity index (χ0n) is 26.6. The highest BCUT2D eigenvalue weighted by Gasteiger charge is 2.35. The van der Waals surface area contributed by atoms with E-state index in [0.29, 0.717) is 17.9 Å². The Morgan fingerprint density at radius 3 is 1.91 bits per heavy atom. The number of nitrogens with zero attached hydrogens (tertiary/aromatic N) is 2. The number of amides is 2. The SMILES string of the molecule is CC[C@H](C)NC(=O)[C@@H](Cc1ccccc1)N(Cc1ccccc1)C(=O)CN(c1ccccc1)S(=O)(=O)c1ccc(OC)c(OC)c1.